The molecular formula is C18H20N2O4S. The maximum atomic E-state index is 11.9. The highest BCUT2D eigenvalue weighted by atomic mass is 32.2. The number of thioether (sulfide) groups is 1. The number of anilines is 2. The second-order valence-corrected chi connectivity index (χ2v) is 6.03. The Balaban J connectivity index is 1.69. The van der Waals surface area contributed by atoms with Crippen molar-refractivity contribution in [1.82, 2.24) is 0 Å². The smallest absolute Gasteiger partial charge is 0.234 e. The zero-order valence-electron chi connectivity index (χ0n) is 14.1. The van der Waals surface area contributed by atoms with Crippen LogP contribution in [0.15, 0.2) is 48.5 Å². The van der Waals surface area contributed by atoms with Crippen LogP contribution in [-0.4, -0.2) is 37.5 Å². The van der Waals surface area contributed by atoms with Crippen LogP contribution in [0.25, 0.3) is 0 Å². The summed E-state index contributed by atoms with van der Waals surface area (Å²) in [5.74, 6) is 1.52. The molecule has 2 N–H and O–H groups in total. The van der Waals surface area contributed by atoms with E-state index < -0.39 is 0 Å². The number of nitrogens with one attached hydrogen (secondary N) is 2. The molecule has 2 aromatic carbocycles. The van der Waals surface area contributed by atoms with Gasteiger partial charge in [0.2, 0.25) is 11.8 Å². The number of benzene rings is 2. The summed E-state index contributed by atoms with van der Waals surface area (Å²) in [6.45, 7) is 0. The van der Waals surface area contributed by atoms with Crippen molar-refractivity contribution in [3.05, 3.63) is 48.5 Å². The standard InChI is InChI=1S/C18H20N2O4S/c1-23-15-7-3-13(4-8-15)19-17(21)11-25-12-18(22)20-14-5-9-16(24-2)10-6-14/h3-10H,11-12H2,1-2H3,(H,19,21)(H,20,22). The van der Waals surface area contributed by atoms with E-state index in [9.17, 15) is 9.59 Å². The van der Waals surface area contributed by atoms with Crippen LogP contribution < -0.4 is 20.1 Å². The van der Waals surface area contributed by atoms with Crippen LogP contribution in [0.4, 0.5) is 11.4 Å². The number of amides is 2. The molecule has 0 aliphatic carbocycles. The van der Waals surface area contributed by atoms with E-state index in [1.807, 2.05) is 0 Å². The molecule has 2 rings (SSSR count). The fourth-order valence-corrected chi connectivity index (χ4v) is 2.60. The van der Waals surface area contributed by atoms with Gasteiger partial charge in [-0.1, -0.05) is 0 Å². The first kappa shape index (κ1) is 18.7. The van der Waals surface area contributed by atoms with Crippen molar-refractivity contribution in [2.45, 2.75) is 0 Å². The lowest BCUT2D eigenvalue weighted by molar-refractivity contribution is -0.114. The van der Waals surface area contributed by atoms with Crippen molar-refractivity contribution in [3.63, 3.8) is 0 Å². The number of carbonyl (C=O) groups excluding carboxylic acids is 2. The fourth-order valence-electron chi connectivity index (χ4n) is 1.98. The van der Waals surface area contributed by atoms with Crippen molar-refractivity contribution >= 4 is 35.0 Å². The average molecular weight is 360 g/mol. The average Bonchev–Trinajstić information content (AvgIpc) is 2.63. The first-order chi connectivity index (χ1) is 12.1. The van der Waals surface area contributed by atoms with Crippen LogP contribution in [0.2, 0.25) is 0 Å². The molecule has 0 aromatic heterocycles. The largest absolute Gasteiger partial charge is 0.497 e. The fraction of sp³-hybridized carbons (Fsp3) is 0.222. The van der Waals surface area contributed by atoms with Gasteiger partial charge >= 0.3 is 0 Å². The van der Waals surface area contributed by atoms with Gasteiger partial charge in [0, 0.05) is 11.4 Å². The SMILES string of the molecule is COc1ccc(NC(=O)CSCC(=O)Nc2ccc(OC)cc2)cc1. The second-order valence-electron chi connectivity index (χ2n) is 5.05. The second kappa shape index (κ2) is 9.58. The topological polar surface area (TPSA) is 76.7 Å². The van der Waals surface area contributed by atoms with E-state index >= 15 is 0 Å². The summed E-state index contributed by atoms with van der Waals surface area (Å²) in [4.78, 5) is 23.7. The van der Waals surface area contributed by atoms with Crippen molar-refractivity contribution < 1.29 is 19.1 Å². The molecule has 0 heterocycles. The van der Waals surface area contributed by atoms with E-state index in [-0.39, 0.29) is 23.3 Å². The first-order valence-corrected chi connectivity index (χ1v) is 8.71. The van der Waals surface area contributed by atoms with Crippen LogP contribution in [0, 0.1) is 0 Å². The van der Waals surface area contributed by atoms with Gasteiger partial charge in [-0.2, -0.15) is 0 Å². The van der Waals surface area contributed by atoms with Gasteiger partial charge in [-0.3, -0.25) is 9.59 Å². The Kier molecular flexibility index (Phi) is 7.16. The van der Waals surface area contributed by atoms with Crippen LogP contribution >= 0.6 is 11.8 Å². The number of methoxy groups -OCH3 is 2. The predicted octanol–water partition coefficient (Wildman–Crippen LogP) is 3.01. The summed E-state index contributed by atoms with van der Waals surface area (Å²) < 4.78 is 10.1. The Hall–Kier alpha value is -2.67. The normalized spacial score (nSPS) is 10.0. The predicted molar refractivity (Wildman–Crippen MR) is 101 cm³/mol. The van der Waals surface area contributed by atoms with E-state index in [0.717, 1.165) is 11.5 Å². The molecule has 25 heavy (non-hydrogen) atoms. The van der Waals surface area contributed by atoms with Crippen molar-refractivity contribution in [3.8, 4) is 11.5 Å². The van der Waals surface area contributed by atoms with Gasteiger partial charge in [0.25, 0.3) is 0 Å². The maximum Gasteiger partial charge on any atom is 0.234 e. The lowest BCUT2D eigenvalue weighted by Gasteiger charge is -2.07. The molecule has 0 saturated carbocycles. The molecule has 2 amide bonds. The van der Waals surface area contributed by atoms with Crippen LogP contribution in [-0.2, 0) is 9.59 Å². The van der Waals surface area contributed by atoms with Gasteiger partial charge in [0.1, 0.15) is 11.5 Å². The summed E-state index contributed by atoms with van der Waals surface area (Å²) in [7, 11) is 3.17. The number of hydrogen-bond donors (Lipinski definition) is 2. The molecule has 2 aromatic rings. The van der Waals surface area contributed by atoms with E-state index in [4.69, 9.17) is 9.47 Å². The van der Waals surface area contributed by atoms with E-state index in [2.05, 4.69) is 10.6 Å². The maximum absolute atomic E-state index is 11.9. The van der Waals surface area contributed by atoms with E-state index in [1.165, 1.54) is 11.8 Å². The van der Waals surface area contributed by atoms with Gasteiger partial charge in [-0.05, 0) is 48.5 Å². The minimum Gasteiger partial charge on any atom is -0.497 e. The van der Waals surface area contributed by atoms with Gasteiger partial charge < -0.3 is 20.1 Å². The molecule has 7 heteroatoms. The number of rotatable bonds is 8. The van der Waals surface area contributed by atoms with Gasteiger partial charge in [-0.25, -0.2) is 0 Å². The monoisotopic (exact) mass is 360 g/mol. The molecule has 0 unspecified atom stereocenters. The molecule has 0 fully saturated rings. The molecule has 0 aliphatic rings. The molecule has 0 aliphatic heterocycles. The Morgan fingerprint density at radius 1 is 0.760 bits per heavy atom. The summed E-state index contributed by atoms with van der Waals surface area (Å²) in [5.41, 5.74) is 1.38. The molecule has 132 valence electrons. The van der Waals surface area contributed by atoms with Crippen molar-refractivity contribution in [2.75, 3.05) is 36.4 Å². The van der Waals surface area contributed by atoms with Gasteiger partial charge in [0.15, 0.2) is 0 Å². The third kappa shape index (κ3) is 6.39. The van der Waals surface area contributed by atoms with Crippen molar-refractivity contribution in [1.29, 1.82) is 0 Å². The molecular weight excluding hydrogens is 340 g/mol. The molecule has 0 radical (unpaired) electrons. The molecule has 0 saturated heterocycles. The summed E-state index contributed by atoms with van der Waals surface area (Å²) >= 11 is 1.25. The lowest BCUT2D eigenvalue weighted by atomic mass is 10.3. The third-order valence-electron chi connectivity index (χ3n) is 3.21. The number of hydrogen-bond acceptors (Lipinski definition) is 5. The minimum absolute atomic E-state index is 0.160. The Labute approximate surface area is 150 Å². The van der Waals surface area contributed by atoms with Crippen LogP contribution in [0.1, 0.15) is 0 Å². The summed E-state index contributed by atoms with van der Waals surface area (Å²) in [6.07, 6.45) is 0. The highest BCUT2D eigenvalue weighted by Crippen LogP contribution is 2.16. The Morgan fingerprint density at radius 2 is 1.12 bits per heavy atom. The summed E-state index contributed by atoms with van der Waals surface area (Å²) in [5, 5.41) is 5.54. The Bertz CT molecular complexity index is 641. The Morgan fingerprint density at radius 3 is 1.44 bits per heavy atom. The molecule has 0 spiro atoms. The lowest BCUT2D eigenvalue weighted by Crippen LogP contribution is -2.18. The highest BCUT2D eigenvalue weighted by Gasteiger charge is 2.07. The van der Waals surface area contributed by atoms with Gasteiger partial charge in [-0.15, -0.1) is 11.8 Å². The molecule has 0 atom stereocenters. The van der Waals surface area contributed by atoms with E-state index in [0.29, 0.717) is 11.4 Å². The zero-order chi connectivity index (χ0) is 18.1. The van der Waals surface area contributed by atoms with Crippen molar-refractivity contribution in [2.24, 2.45) is 0 Å². The minimum atomic E-state index is -0.160. The number of ether oxygens (including phenoxy) is 2. The van der Waals surface area contributed by atoms with Gasteiger partial charge in [0.05, 0.1) is 25.7 Å². The third-order valence-corrected chi connectivity index (χ3v) is 4.15. The van der Waals surface area contributed by atoms with E-state index in [1.54, 1.807) is 62.8 Å². The molecule has 6 nitrogen and oxygen atoms in total. The highest BCUT2D eigenvalue weighted by molar-refractivity contribution is 8.00. The number of carbonyl (C=O) groups is 2. The van der Waals surface area contributed by atoms with Crippen LogP contribution in [0.3, 0.4) is 0 Å². The zero-order valence-corrected chi connectivity index (χ0v) is 14.9. The molecule has 0 bridgehead atoms. The first-order valence-electron chi connectivity index (χ1n) is 7.56. The quantitative estimate of drug-likeness (QED) is 0.757. The summed E-state index contributed by atoms with van der Waals surface area (Å²) in [6, 6.07) is 14.1. The van der Waals surface area contributed by atoms with Crippen LogP contribution in [0.5, 0.6) is 11.5 Å².